The van der Waals surface area contributed by atoms with E-state index in [0.29, 0.717) is 29.4 Å². The van der Waals surface area contributed by atoms with E-state index in [1.165, 1.54) is 11.3 Å². The van der Waals surface area contributed by atoms with E-state index in [-0.39, 0.29) is 17.4 Å². The number of amides is 2. The summed E-state index contributed by atoms with van der Waals surface area (Å²) in [4.78, 5) is 31.2. The zero-order chi connectivity index (χ0) is 19.5. The predicted octanol–water partition coefficient (Wildman–Crippen LogP) is 4.03. The number of benzene rings is 1. The highest BCUT2D eigenvalue weighted by atomic mass is 35.5. The molecule has 2 amide bonds. The van der Waals surface area contributed by atoms with Crippen molar-refractivity contribution in [1.82, 2.24) is 15.2 Å². The number of hydrogen-bond acceptors (Lipinski definition) is 4. The second-order valence-corrected chi connectivity index (χ2v) is 9.06. The Balaban J connectivity index is 1.42. The molecule has 1 spiro atoms. The van der Waals surface area contributed by atoms with Crippen LogP contribution in [0.2, 0.25) is 5.02 Å². The van der Waals surface area contributed by atoms with Gasteiger partial charge in [-0.3, -0.25) is 14.6 Å². The number of pyridine rings is 1. The van der Waals surface area contributed by atoms with Crippen LogP contribution in [0.1, 0.15) is 28.2 Å². The van der Waals surface area contributed by atoms with Crippen LogP contribution < -0.4 is 5.32 Å². The number of thiophene rings is 1. The van der Waals surface area contributed by atoms with Gasteiger partial charge in [-0.1, -0.05) is 29.8 Å². The highest BCUT2D eigenvalue weighted by Gasteiger charge is 2.49. The van der Waals surface area contributed by atoms with Crippen molar-refractivity contribution in [2.45, 2.75) is 25.3 Å². The van der Waals surface area contributed by atoms with Crippen LogP contribution in [0.4, 0.5) is 0 Å². The first kappa shape index (κ1) is 17.6. The number of nitrogens with one attached hydrogen (secondary N) is 1. The Bertz CT molecular complexity index is 1120. The van der Waals surface area contributed by atoms with Crippen molar-refractivity contribution in [3.05, 3.63) is 52.1 Å². The normalized spacial score (nSPS) is 17.8. The quantitative estimate of drug-likeness (QED) is 0.692. The van der Waals surface area contributed by atoms with Crippen LogP contribution in [0.5, 0.6) is 0 Å². The summed E-state index contributed by atoms with van der Waals surface area (Å²) in [5.74, 6) is 0.0154. The van der Waals surface area contributed by atoms with E-state index < -0.39 is 0 Å². The number of nitrogens with zero attached hydrogens (tertiary/aromatic N) is 2. The van der Waals surface area contributed by atoms with Gasteiger partial charge in [0, 0.05) is 47.1 Å². The summed E-state index contributed by atoms with van der Waals surface area (Å²) in [5.41, 5.74) is 2.84. The third-order valence-corrected chi connectivity index (χ3v) is 7.22. The highest BCUT2D eigenvalue weighted by molar-refractivity contribution is 7.21. The smallest absolute Gasteiger partial charge is 0.265 e. The third-order valence-electron chi connectivity index (χ3n) is 5.58. The summed E-state index contributed by atoms with van der Waals surface area (Å²) in [7, 11) is 0. The molecule has 0 unspecified atom stereocenters. The molecule has 4 heterocycles. The van der Waals surface area contributed by atoms with Gasteiger partial charge in [-0.05, 0) is 31.0 Å². The maximum Gasteiger partial charge on any atom is 0.265 e. The molecule has 7 heteroatoms. The second kappa shape index (κ2) is 6.29. The summed E-state index contributed by atoms with van der Waals surface area (Å²) in [6, 6.07) is 10.1. The van der Waals surface area contributed by atoms with Gasteiger partial charge in [0.1, 0.15) is 4.88 Å². The van der Waals surface area contributed by atoms with Crippen molar-refractivity contribution in [2.75, 3.05) is 13.1 Å². The number of aryl methyl sites for hydroxylation is 1. The second-order valence-electron chi connectivity index (χ2n) is 7.63. The van der Waals surface area contributed by atoms with E-state index in [9.17, 15) is 9.59 Å². The first-order chi connectivity index (χ1) is 13.4. The number of halogens is 1. The van der Waals surface area contributed by atoms with Gasteiger partial charge >= 0.3 is 0 Å². The lowest BCUT2D eigenvalue weighted by molar-refractivity contribution is -0.120. The Kier molecular flexibility index (Phi) is 3.96. The number of hydrogen-bond donors (Lipinski definition) is 1. The third kappa shape index (κ3) is 2.79. The summed E-state index contributed by atoms with van der Waals surface area (Å²) < 4.78 is 0.982. The van der Waals surface area contributed by atoms with Gasteiger partial charge in [0.25, 0.3) is 5.91 Å². The van der Waals surface area contributed by atoms with Gasteiger partial charge in [0.15, 0.2) is 0 Å². The Morgan fingerprint density at radius 2 is 2.04 bits per heavy atom. The molecule has 2 aliphatic rings. The van der Waals surface area contributed by atoms with Crippen molar-refractivity contribution >= 4 is 44.8 Å². The molecule has 2 saturated heterocycles. The van der Waals surface area contributed by atoms with Crippen molar-refractivity contribution in [3.63, 3.8) is 0 Å². The molecule has 0 atom stereocenters. The minimum atomic E-state index is -0.221. The minimum absolute atomic E-state index is 0.0588. The highest BCUT2D eigenvalue weighted by Crippen LogP contribution is 2.40. The van der Waals surface area contributed by atoms with Crippen LogP contribution in [0.3, 0.4) is 0 Å². The number of carbonyl (C=O) groups is 2. The van der Waals surface area contributed by atoms with Crippen molar-refractivity contribution in [2.24, 2.45) is 0 Å². The molecule has 1 aromatic carbocycles. The Hall–Kier alpha value is -2.44. The molecule has 5 nitrogen and oxygen atoms in total. The fraction of sp³-hybridized carbons (Fsp3) is 0.286. The van der Waals surface area contributed by atoms with Gasteiger partial charge in [-0.2, -0.15) is 0 Å². The molecule has 2 fully saturated rings. The molecule has 2 aromatic heterocycles. The number of fused-ring (bicyclic) bond motifs is 1. The Morgan fingerprint density at radius 3 is 2.71 bits per heavy atom. The molecule has 0 aliphatic carbocycles. The largest absolute Gasteiger partial charge is 0.347 e. The molecule has 1 N–H and O–H groups in total. The van der Waals surface area contributed by atoms with E-state index in [2.05, 4.69) is 16.4 Å². The lowest BCUT2D eigenvalue weighted by Crippen LogP contribution is -2.68. The van der Waals surface area contributed by atoms with Crippen molar-refractivity contribution in [1.29, 1.82) is 0 Å². The monoisotopic (exact) mass is 411 g/mol. The molecule has 3 aromatic rings. The van der Waals surface area contributed by atoms with Gasteiger partial charge in [-0.15, -0.1) is 11.3 Å². The first-order valence-corrected chi connectivity index (χ1v) is 10.4. The molecule has 0 radical (unpaired) electrons. The predicted molar refractivity (Wildman–Crippen MR) is 111 cm³/mol. The van der Waals surface area contributed by atoms with Crippen LogP contribution in [0.25, 0.3) is 21.2 Å². The molecular weight excluding hydrogens is 394 g/mol. The van der Waals surface area contributed by atoms with Crippen LogP contribution in [-0.4, -0.2) is 40.3 Å². The molecule has 0 bridgehead atoms. The van der Waals surface area contributed by atoms with E-state index >= 15 is 0 Å². The minimum Gasteiger partial charge on any atom is -0.347 e. The first-order valence-electron chi connectivity index (χ1n) is 9.19. The average Bonchev–Trinajstić information content (AvgIpc) is 3.21. The van der Waals surface area contributed by atoms with Gasteiger partial charge in [0.05, 0.1) is 10.6 Å². The van der Waals surface area contributed by atoms with Crippen LogP contribution in [0, 0.1) is 6.92 Å². The fourth-order valence-corrected chi connectivity index (χ4v) is 5.52. The zero-order valence-corrected chi connectivity index (χ0v) is 16.9. The lowest BCUT2D eigenvalue weighted by atomic mass is 9.88. The van der Waals surface area contributed by atoms with Crippen LogP contribution in [0.15, 0.2) is 36.5 Å². The van der Waals surface area contributed by atoms with Crippen molar-refractivity contribution < 1.29 is 9.59 Å². The number of aromatic nitrogens is 1. The van der Waals surface area contributed by atoms with E-state index in [1.807, 2.05) is 37.4 Å². The molecule has 5 rings (SSSR count). The topological polar surface area (TPSA) is 62.3 Å². The van der Waals surface area contributed by atoms with Gasteiger partial charge in [-0.25, -0.2) is 0 Å². The maximum atomic E-state index is 13.0. The lowest BCUT2D eigenvalue weighted by Gasteiger charge is -2.47. The SMILES string of the molecule is Cc1ccc(-c2ccc3c(Cl)c(C(=O)N4CC5(CCC(=O)N5)C4)sc3c2)cn1. The van der Waals surface area contributed by atoms with Crippen LogP contribution >= 0.6 is 22.9 Å². The molecule has 28 heavy (non-hydrogen) atoms. The summed E-state index contributed by atoms with van der Waals surface area (Å²) >= 11 is 7.97. The Morgan fingerprint density at radius 1 is 1.25 bits per heavy atom. The maximum absolute atomic E-state index is 13.0. The van der Waals surface area contributed by atoms with Gasteiger partial charge < -0.3 is 10.2 Å². The van der Waals surface area contributed by atoms with Crippen LogP contribution in [-0.2, 0) is 4.79 Å². The standard InChI is InChI=1S/C21H18ClN3O2S/c1-12-2-3-14(9-23-12)13-4-5-15-16(8-13)28-19(18(15)22)20(27)25-10-21(11-25)7-6-17(26)24-21/h2-5,8-9H,6-7,10-11H2,1H3,(H,24,26). The zero-order valence-electron chi connectivity index (χ0n) is 15.3. The number of rotatable bonds is 2. The molecule has 0 saturated carbocycles. The fourth-order valence-electron chi connectivity index (χ4n) is 4.00. The summed E-state index contributed by atoms with van der Waals surface area (Å²) in [6.45, 7) is 3.08. The summed E-state index contributed by atoms with van der Waals surface area (Å²) in [6.07, 6.45) is 3.19. The van der Waals surface area contributed by atoms with E-state index in [1.54, 1.807) is 4.90 Å². The summed E-state index contributed by atoms with van der Waals surface area (Å²) in [5, 5.41) is 4.41. The van der Waals surface area contributed by atoms with Crippen molar-refractivity contribution in [3.8, 4) is 11.1 Å². The van der Waals surface area contributed by atoms with Gasteiger partial charge in [0.2, 0.25) is 5.91 Å². The Labute approximate surface area is 171 Å². The van der Waals surface area contributed by atoms with E-state index in [4.69, 9.17) is 11.6 Å². The molecular formula is C21H18ClN3O2S. The van der Waals surface area contributed by atoms with E-state index in [0.717, 1.165) is 33.3 Å². The average molecular weight is 412 g/mol. The molecule has 142 valence electrons. The molecule has 2 aliphatic heterocycles. The number of likely N-dealkylation sites (tertiary alicyclic amines) is 1. The number of carbonyl (C=O) groups excluding carboxylic acids is 2.